The van der Waals surface area contributed by atoms with E-state index >= 15 is 0 Å². The van der Waals surface area contributed by atoms with Crippen LogP contribution in [-0.2, 0) is 7.05 Å². The first-order chi connectivity index (χ1) is 11.7. The zero-order valence-corrected chi connectivity index (χ0v) is 12.9. The maximum Gasteiger partial charge on any atom is 0.228 e. The number of hydrazine groups is 1. The monoisotopic (exact) mass is 321 g/mol. The maximum absolute atomic E-state index is 5.51. The van der Waals surface area contributed by atoms with E-state index < -0.39 is 0 Å². The molecule has 0 aliphatic heterocycles. The predicted octanol–water partition coefficient (Wildman–Crippen LogP) is 1.55. The zero-order chi connectivity index (χ0) is 16.5. The number of nitrogens with one attached hydrogen (secondary N) is 2. The molecule has 9 nitrogen and oxygen atoms in total. The summed E-state index contributed by atoms with van der Waals surface area (Å²) in [6, 6.07) is 5.68. The Morgan fingerprint density at radius 2 is 2.04 bits per heavy atom. The number of aryl methyl sites for hydroxylation is 1. The molecular weight excluding hydrogens is 306 g/mol. The highest BCUT2D eigenvalue weighted by Crippen LogP contribution is 2.24. The molecule has 4 N–H and O–H groups in total. The quantitative estimate of drug-likeness (QED) is 0.386. The van der Waals surface area contributed by atoms with Crippen molar-refractivity contribution in [2.45, 2.75) is 0 Å². The summed E-state index contributed by atoms with van der Waals surface area (Å²) in [7, 11) is 1.85. The highest BCUT2D eigenvalue weighted by molar-refractivity contribution is 5.76. The van der Waals surface area contributed by atoms with Gasteiger partial charge in [0.1, 0.15) is 5.82 Å². The minimum absolute atomic E-state index is 0.502. The zero-order valence-electron chi connectivity index (χ0n) is 12.9. The fourth-order valence-electron chi connectivity index (χ4n) is 2.48. The molecule has 0 unspecified atom stereocenters. The topological polar surface area (TPSA) is 111 Å². The van der Waals surface area contributed by atoms with Gasteiger partial charge in [-0.3, -0.25) is 4.68 Å². The van der Waals surface area contributed by atoms with Gasteiger partial charge in [0.05, 0.1) is 17.4 Å². The molecule has 4 rings (SSSR count). The van der Waals surface area contributed by atoms with Gasteiger partial charge in [0.2, 0.25) is 5.95 Å². The van der Waals surface area contributed by atoms with Crippen LogP contribution in [0.5, 0.6) is 0 Å². The van der Waals surface area contributed by atoms with Gasteiger partial charge in [-0.1, -0.05) is 0 Å². The van der Waals surface area contributed by atoms with Crippen molar-refractivity contribution in [3.8, 4) is 11.3 Å². The van der Waals surface area contributed by atoms with E-state index in [0.29, 0.717) is 11.8 Å². The summed E-state index contributed by atoms with van der Waals surface area (Å²) in [4.78, 5) is 13.0. The van der Waals surface area contributed by atoms with Crippen molar-refractivity contribution in [3.63, 3.8) is 0 Å². The maximum atomic E-state index is 5.51. The van der Waals surface area contributed by atoms with E-state index in [1.807, 2.05) is 42.0 Å². The molecule has 24 heavy (non-hydrogen) atoms. The second-order valence-corrected chi connectivity index (χ2v) is 5.17. The number of hydrogen-bond donors (Lipinski definition) is 3. The number of aromatic nitrogens is 6. The Balaban J connectivity index is 1.72. The van der Waals surface area contributed by atoms with Gasteiger partial charge in [0.25, 0.3) is 0 Å². The van der Waals surface area contributed by atoms with Gasteiger partial charge < -0.3 is 15.1 Å². The first-order valence-corrected chi connectivity index (χ1v) is 7.26. The summed E-state index contributed by atoms with van der Waals surface area (Å²) < 4.78 is 3.65. The largest absolute Gasteiger partial charge is 0.318 e. The molecule has 0 amide bonds. The van der Waals surface area contributed by atoms with Gasteiger partial charge in [-0.25, -0.2) is 20.8 Å². The van der Waals surface area contributed by atoms with E-state index in [1.165, 1.54) is 0 Å². The third-order valence-electron chi connectivity index (χ3n) is 3.67. The third kappa shape index (κ3) is 2.42. The van der Waals surface area contributed by atoms with Crippen molar-refractivity contribution >= 4 is 23.1 Å². The number of rotatable bonds is 4. The number of nitrogens with zero attached hydrogens (tertiary/aromatic N) is 6. The molecule has 0 saturated carbocycles. The molecule has 0 spiro atoms. The van der Waals surface area contributed by atoms with Crippen LogP contribution in [0.15, 0.2) is 49.2 Å². The lowest BCUT2D eigenvalue weighted by molar-refractivity contribution is 0.775. The van der Waals surface area contributed by atoms with Crippen LogP contribution < -0.4 is 16.6 Å². The minimum Gasteiger partial charge on any atom is -0.318 e. The van der Waals surface area contributed by atoms with Crippen molar-refractivity contribution < 1.29 is 0 Å². The molecule has 120 valence electrons. The van der Waals surface area contributed by atoms with Crippen LogP contribution in [0.25, 0.3) is 16.8 Å². The lowest BCUT2D eigenvalue weighted by Gasteiger charge is -2.05. The van der Waals surface area contributed by atoms with Gasteiger partial charge >= 0.3 is 0 Å². The van der Waals surface area contributed by atoms with E-state index in [9.17, 15) is 0 Å². The molecule has 0 aliphatic carbocycles. The van der Waals surface area contributed by atoms with Crippen LogP contribution in [0.1, 0.15) is 0 Å². The van der Waals surface area contributed by atoms with Gasteiger partial charge in [-0.05, 0) is 12.1 Å². The molecule has 4 aromatic heterocycles. The summed E-state index contributed by atoms with van der Waals surface area (Å²) in [6.07, 6.45) is 8.93. The first-order valence-electron chi connectivity index (χ1n) is 7.26. The summed E-state index contributed by atoms with van der Waals surface area (Å²) in [5, 5.41) is 7.26. The van der Waals surface area contributed by atoms with Crippen LogP contribution in [0.2, 0.25) is 0 Å². The van der Waals surface area contributed by atoms with Crippen LogP contribution >= 0.6 is 0 Å². The van der Waals surface area contributed by atoms with Gasteiger partial charge in [0.15, 0.2) is 5.82 Å². The standard InChI is InChI=1S/C15H15N9/c1-23-13(3-5-19-23)21-15-18-4-2-11(20-15)10-8-12-14(22-16)17-6-7-24(12)9-10/h2-9H,16H2,1H3,(H,17,22)(H,18,20,21). The van der Waals surface area contributed by atoms with Gasteiger partial charge in [0, 0.05) is 43.5 Å². The highest BCUT2D eigenvalue weighted by Gasteiger charge is 2.09. The fourth-order valence-corrected chi connectivity index (χ4v) is 2.48. The molecule has 0 aromatic carbocycles. The number of anilines is 3. The van der Waals surface area contributed by atoms with E-state index in [0.717, 1.165) is 22.6 Å². The Hall–Kier alpha value is -3.46. The molecule has 0 atom stereocenters. The normalized spacial score (nSPS) is 10.9. The molecule has 9 heteroatoms. The van der Waals surface area contributed by atoms with Crippen molar-refractivity contribution in [1.29, 1.82) is 0 Å². The summed E-state index contributed by atoms with van der Waals surface area (Å²) in [6.45, 7) is 0. The third-order valence-corrected chi connectivity index (χ3v) is 3.67. The van der Waals surface area contributed by atoms with Crippen LogP contribution in [-0.4, -0.2) is 29.1 Å². The molecule has 4 heterocycles. The van der Waals surface area contributed by atoms with Crippen molar-refractivity contribution in [3.05, 3.63) is 49.2 Å². The second-order valence-electron chi connectivity index (χ2n) is 5.17. The predicted molar refractivity (Wildman–Crippen MR) is 90.5 cm³/mol. The number of nitrogen functional groups attached to an aromatic ring is 1. The van der Waals surface area contributed by atoms with E-state index in [-0.39, 0.29) is 0 Å². The molecule has 4 aromatic rings. The lowest BCUT2D eigenvalue weighted by atomic mass is 10.2. The van der Waals surface area contributed by atoms with E-state index in [4.69, 9.17) is 5.84 Å². The molecule has 0 aliphatic rings. The minimum atomic E-state index is 0.502. The van der Waals surface area contributed by atoms with E-state index in [1.54, 1.807) is 23.3 Å². The summed E-state index contributed by atoms with van der Waals surface area (Å²) in [5.74, 6) is 7.43. The Kier molecular flexibility index (Phi) is 3.32. The molecule has 0 bridgehead atoms. The highest BCUT2D eigenvalue weighted by atomic mass is 15.3. The van der Waals surface area contributed by atoms with Crippen molar-refractivity contribution in [1.82, 2.24) is 29.1 Å². The fraction of sp³-hybridized carbons (Fsp3) is 0.0667. The molecule has 0 fully saturated rings. The van der Waals surface area contributed by atoms with E-state index in [2.05, 4.69) is 30.8 Å². The van der Waals surface area contributed by atoms with Crippen LogP contribution in [0, 0.1) is 0 Å². The Bertz CT molecular complexity index is 1000. The number of fused-ring (bicyclic) bond motifs is 1. The van der Waals surface area contributed by atoms with Crippen LogP contribution in [0.4, 0.5) is 17.6 Å². The molecule has 0 radical (unpaired) electrons. The number of hydrogen-bond acceptors (Lipinski definition) is 7. The Morgan fingerprint density at radius 3 is 2.83 bits per heavy atom. The Morgan fingerprint density at radius 1 is 1.12 bits per heavy atom. The molecule has 0 saturated heterocycles. The van der Waals surface area contributed by atoms with Crippen LogP contribution in [0.3, 0.4) is 0 Å². The van der Waals surface area contributed by atoms with Crippen molar-refractivity contribution in [2.75, 3.05) is 10.7 Å². The average Bonchev–Trinajstić information content (AvgIpc) is 3.21. The molecular formula is C15H15N9. The Labute approximate surface area is 137 Å². The smallest absolute Gasteiger partial charge is 0.228 e. The first kappa shape index (κ1) is 14.2. The number of nitrogens with two attached hydrogens (primary N) is 1. The van der Waals surface area contributed by atoms with Crippen molar-refractivity contribution in [2.24, 2.45) is 12.9 Å². The summed E-state index contributed by atoms with van der Waals surface area (Å²) in [5.41, 5.74) is 5.20. The lowest BCUT2D eigenvalue weighted by Crippen LogP contribution is -2.09. The van der Waals surface area contributed by atoms with Gasteiger partial charge in [-0.2, -0.15) is 5.10 Å². The SMILES string of the molecule is Cn1nccc1Nc1nccc(-c2cc3c(NN)nccn3c2)n1. The summed E-state index contributed by atoms with van der Waals surface area (Å²) >= 11 is 0. The second kappa shape index (κ2) is 5.63. The average molecular weight is 321 g/mol. The van der Waals surface area contributed by atoms with Gasteiger partial charge in [-0.15, -0.1) is 0 Å².